The van der Waals surface area contributed by atoms with Gasteiger partial charge in [-0.25, -0.2) is 4.79 Å². The van der Waals surface area contributed by atoms with Crippen LogP contribution in [0.3, 0.4) is 0 Å². The molecule has 3 N–H and O–H groups in total. The Morgan fingerprint density at radius 1 is 1.12 bits per heavy atom. The van der Waals surface area contributed by atoms with Crippen LogP contribution in [0.5, 0.6) is 5.75 Å². The van der Waals surface area contributed by atoms with Gasteiger partial charge in [0.1, 0.15) is 21.4 Å². The lowest BCUT2D eigenvalue weighted by atomic mass is 9.95. The Labute approximate surface area is 205 Å². The molecule has 4 rings (SSSR count). The fourth-order valence-electron chi connectivity index (χ4n) is 3.88. The first-order valence-electron chi connectivity index (χ1n) is 10.8. The van der Waals surface area contributed by atoms with E-state index >= 15 is 0 Å². The lowest BCUT2D eigenvalue weighted by molar-refractivity contribution is 0.0526. The van der Waals surface area contributed by atoms with Gasteiger partial charge in [0.2, 0.25) is 0 Å². The number of thiazole rings is 1. The molecule has 33 heavy (non-hydrogen) atoms. The highest BCUT2D eigenvalue weighted by Crippen LogP contribution is 2.39. The number of fused-ring (bicyclic) bond motifs is 1. The fraction of sp³-hybridized carbons (Fsp3) is 0.348. The summed E-state index contributed by atoms with van der Waals surface area (Å²) in [6.07, 6.45) is 3.80. The normalized spacial score (nSPS) is 12.8. The zero-order valence-corrected chi connectivity index (χ0v) is 20.9. The molecule has 1 aliphatic rings. The van der Waals surface area contributed by atoms with E-state index in [-0.39, 0.29) is 12.4 Å². The van der Waals surface area contributed by atoms with Crippen LogP contribution in [0, 0.1) is 3.95 Å². The topological polar surface area (TPSA) is 95.6 Å². The molecule has 1 aromatic carbocycles. The third-order valence-corrected chi connectivity index (χ3v) is 7.93. The minimum Gasteiger partial charge on any atom is -0.494 e. The van der Waals surface area contributed by atoms with Gasteiger partial charge < -0.3 is 20.5 Å². The third kappa shape index (κ3) is 4.68. The van der Waals surface area contributed by atoms with E-state index in [1.807, 2.05) is 31.2 Å². The van der Waals surface area contributed by atoms with E-state index < -0.39 is 11.9 Å². The number of nitrogens with one attached hydrogen (secondary N) is 1. The molecule has 2 aromatic heterocycles. The number of hydrogen-bond donors (Lipinski definition) is 2. The van der Waals surface area contributed by atoms with Crippen molar-refractivity contribution in [3.05, 3.63) is 49.1 Å². The average Bonchev–Trinajstić information content (AvgIpc) is 3.31. The zero-order valence-electron chi connectivity index (χ0n) is 18.4. The summed E-state index contributed by atoms with van der Waals surface area (Å²) in [5.41, 5.74) is 8.57. The Balaban J connectivity index is 1.65. The average molecular weight is 504 g/mol. The van der Waals surface area contributed by atoms with Crippen LogP contribution < -0.4 is 15.8 Å². The van der Waals surface area contributed by atoms with Gasteiger partial charge in [0.05, 0.1) is 18.8 Å². The van der Waals surface area contributed by atoms with Crippen molar-refractivity contribution >= 4 is 57.6 Å². The van der Waals surface area contributed by atoms with Crippen molar-refractivity contribution in [1.82, 2.24) is 4.57 Å². The summed E-state index contributed by atoms with van der Waals surface area (Å²) in [6, 6.07) is 7.36. The molecule has 174 valence electrons. The number of rotatable bonds is 7. The summed E-state index contributed by atoms with van der Waals surface area (Å²) < 4.78 is 12.9. The molecule has 2 heterocycles. The molecule has 0 atom stereocenters. The van der Waals surface area contributed by atoms with E-state index in [9.17, 15) is 9.59 Å². The molecule has 0 fully saturated rings. The monoisotopic (exact) mass is 503 g/mol. The lowest BCUT2D eigenvalue weighted by Gasteiger charge is -2.12. The van der Waals surface area contributed by atoms with Gasteiger partial charge in [-0.15, -0.1) is 11.3 Å². The van der Waals surface area contributed by atoms with Crippen molar-refractivity contribution in [2.24, 2.45) is 0 Å². The summed E-state index contributed by atoms with van der Waals surface area (Å²) in [6.45, 7) is 4.54. The summed E-state index contributed by atoms with van der Waals surface area (Å²) in [7, 11) is 0. The van der Waals surface area contributed by atoms with Crippen molar-refractivity contribution in [3.63, 3.8) is 0 Å². The van der Waals surface area contributed by atoms with Gasteiger partial charge in [0, 0.05) is 10.6 Å². The number of thiophene rings is 1. The predicted octanol–water partition coefficient (Wildman–Crippen LogP) is 5.62. The van der Waals surface area contributed by atoms with E-state index in [2.05, 4.69) is 5.32 Å². The molecule has 1 amide bonds. The Morgan fingerprint density at radius 2 is 1.85 bits per heavy atom. The third-order valence-electron chi connectivity index (χ3n) is 5.34. The predicted molar refractivity (Wildman–Crippen MR) is 135 cm³/mol. The molecular formula is C23H25N3O4S3. The number of aryl methyl sites for hydroxylation is 1. The minimum atomic E-state index is -0.403. The van der Waals surface area contributed by atoms with Crippen LogP contribution in [0.2, 0.25) is 0 Å². The number of anilines is 2. The number of nitrogens with two attached hydrogens (primary N) is 1. The molecule has 0 spiro atoms. The number of benzene rings is 1. The van der Waals surface area contributed by atoms with E-state index in [0.29, 0.717) is 26.0 Å². The molecule has 3 aromatic rings. The van der Waals surface area contributed by atoms with E-state index in [1.165, 1.54) is 11.3 Å². The number of esters is 1. The van der Waals surface area contributed by atoms with Gasteiger partial charge >= 0.3 is 5.97 Å². The van der Waals surface area contributed by atoms with Crippen LogP contribution in [0.15, 0.2) is 24.3 Å². The smallest absolute Gasteiger partial charge is 0.341 e. The standard InChI is InChI=1S/C23H25N3O4S3/c1-3-29-14-11-9-13(10-12-14)26-19(24)18(33-23(26)31)20(27)25-21-17(22(28)30-4-2)15-7-5-6-8-16(15)32-21/h9-12H,3-8,24H2,1-2H3,(H,25,27). The van der Waals surface area contributed by atoms with Gasteiger partial charge in [0.15, 0.2) is 3.95 Å². The Bertz CT molecular complexity index is 1240. The number of nitrogen functional groups attached to an aromatic ring is 1. The first-order chi connectivity index (χ1) is 15.9. The zero-order chi connectivity index (χ0) is 23.5. The van der Waals surface area contributed by atoms with Crippen molar-refractivity contribution < 1.29 is 19.1 Å². The number of hydrogen-bond acceptors (Lipinski definition) is 8. The van der Waals surface area contributed by atoms with Crippen LogP contribution in [-0.4, -0.2) is 29.7 Å². The molecule has 10 heteroatoms. The highest BCUT2D eigenvalue weighted by atomic mass is 32.1. The van der Waals surface area contributed by atoms with Crippen LogP contribution >= 0.6 is 34.9 Å². The molecule has 1 aliphatic carbocycles. The van der Waals surface area contributed by atoms with Crippen LogP contribution in [0.25, 0.3) is 5.69 Å². The van der Waals surface area contributed by atoms with Gasteiger partial charge in [-0.05, 0) is 81.6 Å². The van der Waals surface area contributed by atoms with Crippen molar-refractivity contribution in [3.8, 4) is 11.4 Å². The lowest BCUT2D eigenvalue weighted by Crippen LogP contribution is -2.16. The second-order valence-corrected chi connectivity index (χ2v) is 10.2. The van der Waals surface area contributed by atoms with Gasteiger partial charge in [0.25, 0.3) is 5.91 Å². The summed E-state index contributed by atoms with van der Waals surface area (Å²) in [4.78, 5) is 27.3. The maximum atomic E-state index is 13.2. The molecular weight excluding hydrogens is 478 g/mol. The molecule has 0 unspecified atom stereocenters. The Hall–Kier alpha value is -2.69. The van der Waals surface area contributed by atoms with Crippen molar-refractivity contribution in [1.29, 1.82) is 0 Å². The van der Waals surface area contributed by atoms with E-state index in [4.69, 9.17) is 27.4 Å². The first-order valence-corrected chi connectivity index (χ1v) is 12.9. The number of amides is 1. The number of carbonyl (C=O) groups excluding carboxylic acids is 2. The van der Waals surface area contributed by atoms with Crippen molar-refractivity contribution in [2.75, 3.05) is 24.3 Å². The van der Waals surface area contributed by atoms with Gasteiger partial charge in [-0.3, -0.25) is 9.36 Å². The molecule has 0 bridgehead atoms. The second kappa shape index (κ2) is 10.1. The molecule has 7 nitrogen and oxygen atoms in total. The number of nitrogens with zero attached hydrogens (tertiary/aromatic N) is 1. The van der Waals surface area contributed by atoms with E-state index in [1.54, 1.807) is 11.5 Å². The van der Waals surface area contributed by atoms with E-state index in [0.717, 1.165) is 58.9 Å². The molecule has 0 aliphatic heterocycles. The van der Waals surface area contributed by atoms with Crippen molar-refractivity contribution in [2.45, 2.75) is 39.5 Å². The molecule has 0 radical (unpaired) electrons. The minimum absolute atomic E-state index is 0.255. The van der Waals surface area contributed by atoms with Gasteiger partial charge in [-0.1, -0.05) is 11.3 Å². The molecule has 0 saturated carbocycles. The number of carbonyl (C=O) groups is 2. The molecule has 0 saturated heterocycles. The quantitative estimate of drug-likeness (QED) is 0.321. The first kappa shape index (κ1) is 23.5. The number of aromatic nitrogens is 1. The number of ether oxygens (including phenoxy) is 2. The van der Waals surface area contributed by atoms with Crippen LogP contribution in [0.4, 0.5) is 10.8 Å². The highest BCUT2D eigenvalue weighted by Gasteiger charge is 2.28. The van der Waals surface area contributed by atoms with Gasteiger partial charge in [-0.2, -0.15) is 0 Å². The highest BCUT2D eigenvalue weighted by molar-refractivity contribution is 7.73. The summed E-state index contributed by atoms with van der Waals surface area (Å²) in [5.74, 6) is 0.204. The summed E-state index contributed by atoms with van der Waals surface area (Å²) >= 11 is 8.08. The second-order valence-electron chi connectivity index (χ2n) is 7.43. The van der Waals surface area contributed by atoms with Crippen LogP contribution in [0.1, 0.15) is 57.2 Å². The Kier molecular flexibility index (Phi) is 7.16. The maximum absolute atomic E-state index is 13.2. The maximum Gasteiger partial charge on any atom is 0.341 e. The largest absolute Gasteiger partial charge is 0.494 e. The fourth-order valence-corrected chi connectivity index (χ4v) is 6.42. The van der Waals surface area contributed by atoms with Crippen LogP contribution in [-0.2, 0) is 17.6 Å². The Morgan fingerprint density at radius 3 is 2.55 bits per heavy atom. The summed E-state index contributed by atoms with van der Waals surface area (Å²) in [5, 5.41) is 3.42. The SMILES string of the molecule is CCOC(=O)c1c(NC(=O)c2sc(=S)n(-c3ccc(OCC)cc3)c2N)sc2c1CCCC2.